The normalized spacial score (nSPS) is 10.1. The molecule has 2 N–H and O–H groups in total. The average Bonchev–Trinajstić information content (AvgIpc) is 2.21. The van der Waals surface area contributed by atoms with Crippen molar-refractivity contribution in [1.29, 1.82) is 0 Å². The Morgan fingerprint density at radius 2 is 2.00 bits per heavy atom. The molecule has 78 valence electrons. The van der Waals surface area contributed by atoms with E-state index in [9.17, 15) is 0 Å². The van der Waals surface area contributed by atoms with Gasteiger partial charge in [0.15, 0.2) is 0 Å². The first-order valence-corrected chi connectivity index (χ1v) is 4.84. The third-order valence-corrected chi connectivity index (χ3v) is 1.94. The summed E-state index contributed by atoms with van der Waals surface area (Å²) in [5.41, 5.74) is 1.13. The van der Waals surface area contributed by atoms with Gasteiger partial charge < -0.3 is 15.2 Å². The van der Waals surface area contributed by atoms with Crippen LogP contribution >= 0.6 is 0 Å². The van der Waals surface area contributed by atoms with E-state index in [-0.39, 0.29) is 6.61 Å². The summed E-state index contributed by atoms with van der Waals surface area (Å²) in [6.45, 7) is 1.72. The second-order valence-corrected chi connectivity index (χ2v) is 3.07. The maximum atomic E-state index is 8.72. The molecule has 0 aliphatic rings. The van der Waals surface area contributed by atoms with Gasteiger partial charge in [-0.15, -0.1) is 0 Å². The second-order valence-electron chi connectivity index (χ2n) is 3.07. The zero-order valence-corrected chi connectivity index (χ0v) is 8.49. The molecule has 0 bridgehead atoms. The lowest BCUT2D eigenvalue weighted by Crippen LogP contribution is -2.15. The number of ether oxygens (including phenoxy) is 1. The highest BCUT2D eigenvalue weighted by atomic mass is 16.5. The Labute approximate surface area is 84.7 Å². The Bertz CT molecular complexity index is 246. The highest BCUT2D eigenvalue weighted by Gasteiger charge is 1.94. The highest BCUT2D eigenvalue weighted by molar-refractivity contribution is 5.27. The Balaban J connectivity index is 2.38. The van der Waals surface area contributed by atoms with Crippen molar-refractivity contribution in [2.75, 3.05) is 26.8 Å². The van der Waals surface area contributed by atoms with Gasteiger partial charge >= 0.3 is 0 Å². The van der Waals surface area contributed by atoms with Crippen molar-refractivity contribution in [1.82, 2.24) is 5.32 Å². The number of benzene rings is 1. The molecule has 0 aliphatic carbocycles. The molecule has 1 aromatic carbocycles. The van der Waals surface area contributed by atoms with E-state index >= 15 is 0 Å². The van der Waals surface area contributed by atoms with E-state index in [1.807, 2.05) is 31.3 Å². The highest BCUT2D eigenvalue weighted by Crippen LogP contribution is 2.11. The van der Waals surface area contributed by atoms with Gasteiger partial charge in [-0.2, -0.15) is 0 Å². The first-order chi connectivity index (χ1) is 6.86. The van der Waals surface area contributed by atoms with Crippen LogP contribution in [0, 0.1) is 0 Å². The van der Waals surface area contributed by atoms with Crippen LogP contribution in [0.1, 0.15) is 5.56 Å². The number of rotatable bonds is 6. The summed E-state index contributed by atoms with van der Waals surface area (Å²) in [4.78, 5) is 0. The van der Waals surface area contributed by atoms with E-state index < -0.39 is 0 Å². The minimum Gasteiger partial charge on any atom is -0.492 e. The molecule has 0 aromatic heterocycles. The van der Waals surface area contributed by atoms with E-state index in [0.29, 0.717) is 13.0 Å². The van der Waals surface area contributed by atoms with Crippen molar-refractivity contribution in [3.63, 3.8) is 0 Å². The third-order valence-electron chi connectivity index (χ3n) is 1.94. The van der Waals surface area contributed by atoms with Gasteiger partial charge in [-0.05, 0) is 31.2 Å². The second kappa shape index (κ2) is 6.40. The number of hydrogen-bond acceptors (Lipinski definition) is 3. The van der Waals surface area contributed by atoms with Gasteiger partial charge in [0.05, 0.1) is 0 Å². The Kier molecular flexibility index (Phi) is 5.04. The van der Waals surface area contributed by atoms with Crippen LogP contribution in [0.15, 0.2) is 24.3 Å². The largest absolute Gasteiger partial charge is 0.492 e. The molecule has 0 atom stereocenters. The SMILES string of the molecule is CNCCOc1ccc(CCO)cc1. The molecule has 3 heteroatoms. The van der Waals surface area contributed by atoms with Gasteiger partial charge in [0, 0.05) is 13.2 Å². The predicted octanol–water partition coefficient (Wildman–Crippen LogP) is 0.820. The molecular weight excluding hydrogens is 178 g/mol. The zero-order valence-electron chi connectivity index (χ0n) is 8.49. The number of hydrogen-bond donors (Lipinski definition) is 2. The van der Waals surface area contributed by atoms with Crippen molar-refractivity contribution in [3.05, 3.63) is 29.8 Å². The summed E-state index contributed by atoms with van der Waals surface area (Å²) in [5.74, 6) is 0.877. The molecular formula is C11H17NO2. The van der Waals surface area contributed by atoms with Crippen molar-refractivity contribution < 1.29 is 9.84 Å². The monoisotopic (exact) mass is 195 g/mol. The van der Waals surface area contributed by atoms with Gasteiger partial charge in [-0.3, -0.25) is 0 Å². The average molecular weight is 195 g/mol. The van der Waals surface area contributed by atoms with Crippen molar-refractivity contribution in [3.8, 4) is 5.75 Å². The van der Waals surface area contributed by atoms with Crippen molar-refractivity contribution in [2.24, 2.45) is 0 Å². The lowest BCUT2D eigenvalue weighted by atomic mass is 10.1. The molecule has 14 heavy (non-hydrogen) atoms. The summed E-state index contributed by atoms with van der Waals surface area (Å²) in [6.07, 6.45) is 0.705. The van der Waals surface area contributed by atoms with Crippen LogP contribution in [0.2, 0.25) is 0 Å². The summed E-state index contributed by atoms with van der Waals surface area (Å²) in [5, 5.41) is 11.7. The van der Waals surface area contributed by atoms with Crippen LogP contribution in [-0.4, -0.2) is 31.9 Å². The Morgan fingerprint density at radius 3 is 2.57 bits per heavy atom. The van der Waals surface area contributed by atoms with E-state index in [0.717, 1.165) is 17.9 Å². The van der Waals surface area contributed by atoms with Gasteiger partial charge in [0.25, 0.3) is 0 Å². The quantitative estimate of drug-likeness (QED) is 0.660. The molecule has 0 unspecified atom stereocenters. The fraction of sp³-hybridized carbons (Fsp3) is 0.455. The van der Waals surface area contributed by atoms with E-state index in [2.05, 4.69) is 5.32 Å². The van der Waals surface area contributed by atoms with Crippen LogP contribution < -0.4 is 10.1 Å². The summed E-state index contributed by atoms with van der Waals surface area (Å²) in [6, 6.07) is 7.82. The fourth-order valence-corrected chi connectivity index (χ4v) is 1.15. The Hall–Kier alpha value is -1.06. The fourth-order valence-electron chi connectivity index (χ4n) is 1.15. The van der Waals surface area contributed by atoms with Crippen LogP contribution in [0.4, 0.5) is 0 Å². The number of nitrogens with one attached hydrogen (secondary N) is 1. The van der Waals surface area contributed by atoms with Crippen molar-refractivity contribution >= 4 is 0 Å². The molecule has 0 saturated carbocycles. The summed E-state index contributed by atoms with van der Waals surface area (Å²) >= 11 is 0. The molecule has 0 heterocycles. The van der Waals surface area contributed by atoms with Crippen molar-refractivity contribution in [2.45, 2.75) is 6.42 Å². The zero-order chi connectivity index (χ0) is 10.2. The van der Waals surface area contributed by atoms with E-state index in [1.165, 1.54) is 0 Å². The molecule has 0 saturated heterocycles. The third kappa shape index (κ3) is 3.77. The number of likely N-dealkylation sites (N-methyl/N-ethyl adjacent to an activating group) is 1. The lowest BCUT2D eigenvalue weighted by Gasteiger charge is -2.06. The van der Waals surface area contributed by atoms with Crippen LogP contribution in [0.5, 0.6) is 5.75 Å². The standard InChI is InChI=1S/C11H17NO2/c1-12-7-9-14-11-4-2-10(3-5-11)6-8-13/h2-5,12-13H,6-9H2,1H3. The van der Waals surface area contributed by atoms with E-state index in [4.69, 9.17) is 9.84 Å². The maximum absolute atomic E-state index is 8.72. The lowest BCUT2D eigenvalue weighted by molar-refractivity contribution is 0.299. The Morgan fingerprint density at radius 1 is 1.29 bits per heavy atom. The first kappa shape index (κ1) is 11.0. The minimum absolute atomic E-state index is 0.194. The smallest absolute Gasteiger partial charge is 0.119 e. The first-order valence-electron chi connectivity index (χ1n) is 4.84. The molecule has 0 spiro atoms. The van der Waals surface area contributed by atoms with Gasteiger partial charge in [-0.25, -0.2) is 0 Å². The van der Waals surface area contributed by atoms with Crippen LogP contribution in [0.3, 0.4) is 0 Å². The number of aliphatic hydroxyl groups is 1. The molecule has 1 rings (SSSR count). The maximum Gasteiger partial charge on any atom is 0.119 e. The molecule has 0 radical (unpaired) electrons. The van der Waals surface area contributed by atoms with Crippen LogP contribution in [-0.2, 0) is 6.42 Å². The van der Waals surface area contributed by atoms with Gasteiger partial charge in [0.2, 0.25) is 0 Å². The molecule has 0 aliphatic heterocycles. The predicted molar refractivity (Wildman–Crippen MR) is 56.7 cm³/mol. The van der Waals surface area contributed by atoms with Gasteiger partial charge in [-0.1, -0.05) is 12.1 Å². The van der Waals surface area contributed by atoms with E-state index in [1.54, 1.807) is 0 Å². The minimum atomic E-state index is 0.194. The summed E-state index contributed by atoms with van der Waals surface area (Å²) < 4.78 is 5.45. The topological polar surface area (TPSA) is 41.5 Å². The number of aliphatic hydroxyl groups excluding tert-OH is 1. The summed E-state index contributed by atoms with van der Waals surface area (Å²) in [7, 11) is 1.90. The molecule has 0 amide bonds. The molecule has 3 nitrogen and oxygen atoms in total. The molecule has 0 fully saturated rings. The molecule has 1 aromatic rings. The van der Waals surface area contributed by atoms with Crippen LogP contribution in [0.25, 0.3) is 0 Å². The van der Waals surface area contributed by atoms with Gasteiger partial charge in [0.1, 0.15) is 12.4 Å².